The molecule has 2 N–H and O–H groups in total. The number of fused-ring (bicyclic) bond motifs is 1. The molecule has 0 bridgehead atoms. The summed E-state index contributed by atoms with van der Waals surface area (Å²) >= 11 is 0. The molecule has 1 amide bonds. The monoisotopic (exact) mass is 359 g/mol. The number of carbonyl (C=O) groups is 1. The van der Waals surface area contributed by atoms with Gasteiger partial charge in [0.05, 0.1) is 11.0 Å². The number of rotatable bonds is 6. The van der Waals surface area contributed by atoms with Gasteiger partial charge < -0.3 is 15.2 Å². The van der Waals surface area contributed by atoms with E-state index in [0.717, 1.165) is 11.3 Å². The van der Waals surface area contributed by atoms with Crippen LogP contribution in [0.5, 0.6) is 0 Å². The Morgan fingerprint density at radius 3 is 2.59 bits per heavy atom. The highest BCUT2D eigenvalue weighted by Crippen LogP contribution is 2.11. The average molecular weight is 359 g/mol. The second-order valence-electron chi connectivity index (χ2n) is 5.79. The molecule has 0 aliphatic carbocycles. The van der Waals surface area contributed by atoms with Gasteiger partial charge in [-0.2, -0.15) is 0 Å². The molecular formula is C19H17N7O. The molecule has 0 atom stereocenters. The van der Waals surface area contributed by atoms with Gasteiger partial charge in [0, 0.05) is 49.5 Å². The van der Waals surface area contributed by atoms with Crippen molar-refractivity contribution >= 4 is 22.8 Å². The highest BCUT2D eigenvalue weighted by atomic mass is 16.1. The molecule has 0 saturated heterocycles. The Morgan fingerprint density at radius 2 is 1.74 bits per heavy atom. The Bertz CT molecular complexity index is 1060. The molecule has 4 rings (SSSR count). The van der Waals surface area contributed by atoms with E-state index in [9.17, 15) is 4.79 Å². The number of hydrogen-bond acceptors (Lipinski definition) is 6. The number of benzene rings is 1. The van der Waals surface area contributed by atoms with Gasteiger partial charge in [-0.25, -0.2) is 9.97 Å². The van der Waals surface area contributed by atoms with Crippen molar-refractivity contribution in [3.63, 3.8) is 0 Å². The maximum absolute atomic E-state index is 12.3. The predicted octanol–water partition coefficient (Wildman–Crippen LogP) is 2.05. The second kappa shape index (κ2) is 7.61. The van der Waals surface area contributed by atoms with Gasteiger partial charge >= 0.3 is 0 Å². The van der Waals surface area contributed by atoms with Crippen molar-refractivity contribution in [2.24, 2.45) is 0 Å². The minimum Gasteiger partial charge on any atom is -0.368 e. The standard InChI is InChI=1S/C19H17N7O/c27-19(14-3-4-15-16(11-14)21-6-5-20-15)23-8-7-22-17-12-18(25-13-24-17)26-9-1-2-10-26/h1-6,9-13H,7-8H2,(H,23,27)(H,22,24,25). The minimum absolute atomic E-state index is 0.153. The smallest absolute Gasteiger partial charge is 0.251 e. The fraction of sp³-hybridized carbons (Fsp3) is 0.105. The van der Waals surface area contributed by atoms with Crippen LogP contribution in [0.25, 0.3) is 16.9 Å². The number of hydrogen-bond donors (Lipinski definition) is 2. The van der Waals surface area contributed by atoms with Crippen LogP contribution in [0.3, 0.4) is 0 Å². The summed E-state index contributed by atoms with van der Waals surface area (Å²) in [5.74, 6) is 1.32. The third kappa shape index (κ3) is 3.90. The van der Waals surface area contributed by atoms with Gasteiger partial charge in [0.2, 0.25) is 0 Å². The SMILES string of the molecule is O=C(NCCNc1cc(-n2cccc2)ncn1)c1ccc2nccnc2c1. The summed E-state index contributed by atoms with van der Waals surface area (Å²) in [6.45, 7) is 1.00. The predicted molar refractivity (Wildman–Crippen MR) is 102 cm³/mol. The zero-order valence-electron chi connectivity index (χ0n) is 14.4. The van der Waals surface area contributed by atoms with Crippen LogP contribution in [0.1, 0.15) is 10.4 Å². The van der Waals surface area contributed by atoms with Crippen LogP contribution in [0.2, 0.25) is 0 Å². The summed E-state index contributed by atoms with van der Waals surface area (Å²) in [6.07, 6.45) is 8.58. The van der Waals surface area contributed by atoms with E-state index >= 15 is 0 Å². The first kappa shape index (κ1) is 16.6. The highest BCUT2D eigenvalue weighted by molar-refractivity contribution is 5.97. The molecule has 1 aromatic carbocycles. The third-order valence-corrected chi connectivity index (χ3v) is 3.97. The molecular weight excluding hydrogens is 342 g/mol. The Labute approximate surface area is 155 Å². The van der Waals surface area contributed by atoms with Crippen LogP contribution < -0.4 is 10.6 Å². The second-order valence-corrected chi connectivity index (χ2v) is 5.79. The number of nitrogens with zero attached hydrogens (tertiary/aromatic N) is 5. The molecule has 27 heavy (non-hydrogen) atoms. The Kier molecular flexibility index (Phi) is 4.69. The lowest BCUT2D eigenvalue weighted by Gasteiger charge is -2.09. The number of amides is 1. The first-order chi connectivity index (χ1) is 13.3. The van der Waals surface area contributed by atoms with Gasteiger partial charge in [-0.05, 0) is 30.3 Å². The molecule has 0 aliphatic heterocycles. The van der Waals surface area contributed by atoms with Crippen molar-refractivity contribution in [3.05, 3.63) is 73.1 Å². The maximum atomic E-state index is 12.3. The van der Waals surface area contributed by atoms with Crippen LogP contribution in [-0.4, -0.2) is 43.5 Å². The van der Waals surface area contributed by atoms with Gasteiger partial charge in [-0.1, -0.05) is 0 Å². The van der Waals surface area contributed by atoms with Gasteiger partial charge in [0.15, 0.2) is 0 Å². The molecule has 3 heterocycles. The molecule has 3 aromatic heterocycles. The third-order valence-electron chi connectivity index (χ3n) is 3.97. The lowest BCUT2D eigenvalue weighted by atomic mass is 10.2. The number of carbonyl (C=O) groups excluding carboxylic acids is 1. The maximum Gasteiger partial charge on any atom is 0.251 e. The first-order valence-corrected chi connectivity index (χ1v) is 8.48. The Balaban J connectivity index is 1.32. The molecule has 0 fully saturated rings. The van der Waals surface area contributed by atoms with Gasteiger partial charge in [-0.3, -0.25) is 14.8 Å². The van der Waals surface area contributed by atoms with E-state index in [2.05, 4.69) is 30.6 Å². The number of anilines is 1. The molecule has 0 unspecified atom stereocenters. The highest BCUT2D eigenvalue weighted by Gasteiger charge is 2.07. The van der Waals surface area contributed by atoms with Crippen molar-refractivity contribution in [1.82, 2.24) is 29.8 Å². The molecule has 4 aromatic rings. The van der Waals surface area contributed by atoms with E-state index in [1.807, 2.05) is 35.2 Å². The average Bonchev–Trinajstić information content (AvgIpc) is 3.26. The minimum atomic E-state index is -0.153. The van der Waals surface area contributed by atoms with Crippen molar-refractivity contribution in [1.29, 1.82) is 0 Å². The lowest BCUT2D eigenvalue weighted by Crippen LogP contribution is -2.28. The summed E-state index contributed by atoms with van der Waals surface area (Å²) in [5.41, 5.74) is 2.01. The van der Waals surface area contributed by atoms with Crippen molar-refractivity contribution in [2.75, 3.05) is 18.4 Å². The largest absolute Gasteiger partial charge is 0.368 e. The molecule has 0 spiro atoms. The summed E-state index contributed by atoms with van der Waals surface area (Å²) in [7, 11) is 0. The van der Waals surface area contributed by atoms with Crippen molar-refractivity contribution < 1.29 is 4.79 Å². The zero-order chi connectivity index (χ0) is 18.5. The Morgan fingerprint density at radius 1 is 0.926 bits per heavy atom. The zero-order valence-corrected chi connectivity index (χ0v) is 14.4. The summed E-state index contributed by atoms with van der Waals surface area (Å²) < 4.78 is 1.90. The van der Waals surface area contributed by atoms with E-state index in [-0.39, 0.29) is 5.91 Å². The van der Waals surface area contributed by atoms with Gasteiger partial charge in [-0.15, -0.1) is 0 Å². The van der Waals surface area contributed by atoms with E-state index < -0.39 is 0 Å². The molecule has 8 nitrogen and oxygen atoms in total. The molecule has 8 heteroatoms. The topological polar surface area (TPSA) is 97.6 Å². The van der Waals surface area contributed by atoms with Crippen LogP contribution >= 0.6 is 0 Å². The Hall–Kier alpha value is -3.81. The fourth-order valence-corrected chi connectivity index (χ4v) is 2.65. The van der Waals surface area contributed by atoms with Crippen LogP contribution in [0.15, 0.2) is 67.5 Å². The molecule has 0 saturated carbocycles. The van der Waals surface area contributed by atoms with Crippen LogP contribution in [0.4, 0.5) is 5.82 Å². The molecule has 0 aliphatic rings. The van der Waals surface area contributed by atoms with E-state index in [0.29, 0.717) is 30.0 Å². The van der Waals surface area contributed by atoms with Gasteiger partial charge in [0.25, 0.3) is 5.91 Å². The lowest BCUT2D eigenvalue weighted by molar-refractivity contribution is 0.0955. The summed E-state index contributed by atoms with van der Waals surface area (Å²) in [5, 5.41) is 6.06. The van der Waals surface area contributed by atoms with Crippen molar-refractivity contribution in [3.8, 4) is 5.82 Å². The first-order valence-electron chi connectivity index (χ1n) is 8.48. The molecule has 0 radical (unpaired) electrons. The van der Waals surface area contributed by atoms with E-state index in [4.69, 9.17) is 0 Å². The number of aromatic nitrogens is 5. The fourth-order valence-electron chi connectivity index (χ4n) is 2.65. The van der Waals surface area contributed by atoms with E-state index in [1.165, 1.54) is 6.33 Å². The molecule has 134 valence electrons. The summed E-state index contributed by atoms with van der Waals surface area (Å²) in [4.78, 5) is 29.1. The van der Waals surface area contributed by atoms with E-state index in [1.54, 1.807) is 30.6 Å². The van der Waals surface area contributed by atoms with Crippen LogP contribution in [-0.2, 0) is 0 Å². The normalized spacial score (nSPS) is 10.7. The summed E-state index contributed by atoms with van der Waals surface area (Å²) in [6, 6.07) is 11.0. The van der Waals surface area contributed by atoms with Gasteiger partial charge in [0.1, 0.15) is 18.0 Å². The number of nitrogens with one attached hydrogen (secondary N) is 2. The van der Waals surface area contributed by atoms with Crippen LogP contribution in [0, 0.1) is 0 Å². The van der Waals surface area contributed by atoms with Crippen molar-refractivity contribution in [2.45, 2.75) is 0 Å². The quantitative estimate of drug-likeness (QED) is 0.511.